The molecule has 4 aliphatic carbocycles. The summed E-state index contributed by atoms with van der Waals surface area (Å²) in [5.41, 5.74) is -1.61. The van der Waals surface area contributed by atoms with Gasteiger partial charge in [0.15, 0.2) is 17.2 Å². The van der Waals surface area contributed by atoms with Crippen molar-refractivity contribution in [1.82, 2.24) is 0 Å². The number of halogens is 2. The summed E-state index contributed by atoms with van der Waals surface area (Å²) in [5, 5.41) is 11.2. The SMILES string of the molecule is CCC(=O)O[C@]1(C(=O)CCl)CC[C@H]2[C@@H]3C(Cl)CC4=CC(=O)C=C[C@]4(C)[C@H]3C(O)C[C@@]21C. The number of aliphatic hydroxyl groups excluding tert-OH is 1. The normalized spacial score (nSPS) is 45.9. The van der Waals surface area contributed by atoms with Crippen molar-refractivity contribution in [3.8, 4) is 0 Å². The Balaban J connectivity index is 1.80. The van der Waals surface area contributed by atoms with E-state index in [9.17, 15) is 19.5 Å². The maximum atomic E-state index is 13.1. The molecule has 5 nitrogen and oxygen atoms in total. The maximum absolute atomic E-state index is 13.1. The highest BCUT2D eigenvalue weighted by Crippen LogP contribution is 2.68. The van der Waals surface area contributed by atoms with Gasteiger partial charge in [0.25, 0.3) is 0 Å². The molecule has 0 aliphatic heterocycles. The third-order valence-electron chi connectivity index (χ3n) is 8.75. The number of fused-ring (bicyclic) bond motifs is 5. The summed E-state index contributed by atoms with van der Waals surface area (Å²) in [5.74, 6) is -1.31. The molecule has 0 spiro atoms. The van der Waals surface area contributed by atoms with Crippen LogP contribution in [0.1, 0.15) is 52.9 Å². The Morgan fingerprint density at radius 2 is 2.03 bits per heavy atom. The molecule has 0 saturated heterocycles. The van der Waals surface area contributed by atoms with Crippen molar-refractivity contribution in [2.75, 3.05) is 5.88 Å². The fourth-order valence-corrected chi connectivity index (χ4v) is 8.00. The number of carbonyl (C=O) groups is 3. The number of rotatable bonds is 4. The molecule has 170 valence electrons. The zero-order valence-electron chi connectivity index (χ0n) is 18.2. The van der Waals surface area contributed by atoms with Crippen LogP contribution in [-0.2, 0) is 19.1 Å². The van der Waals surface area contributed by atoms with Crippen LogP contribution in [-0.4, -0.2) is 45.6 Å². The second-order valence-electron chi connectivity index (χ2n) is 10.1. The minimum atomic E-state index is -1.34. The lowest BCUT2D eigenvalue weighted by molar-refractivity contribution is -0.197. The summed E-state index contributed by atoms with van der Waals surface area (Å²) in [7, 11) is 0. The van der Waals surface area contributed by atoms with Gasteiger partial charge in [-0.3, -0.25) is 14.4 Å². The van der Waals surface area contributed by atoms with Crippen molar-refractivity contribution < 1.29 is 24.2 Å². The summed E-state index contributed by atoms with van der Waals surface area (Å²) in [6.07, 6.45) is 6.48. The molecule has 3 saturated carbocycles. The zero-order chi connectivity index (χ0) is 22.8. The topological polar surface area (TPSA) is 80.7 Å². The van der Waals surface area contributed by atoms with Crippen molar-refractivity contribution >= 4 is 40.7 Å². The highest BCUT2D eigenvalue weighted by atomic mass is 35.5. The maximum Gasteiger partial charge on any atom is 0.306 e. The highest BCUT2D eigenvalue weighted by molar-refractivity contribution is 6.29. The Kier molecular flexibility index (Phi) is 5.72. The van der Waals surface area contributed by atoms with Gasteiger partial charge in [0.1, 0.15) is 0 Å². The van der Waals surface area contributed by atoms with Gasteiger partial charge in [-0.2, -0.15) is 0 Å². The Morgan fingerprint density at radius 1 is 1.32 bits per heavy atom. The molecular formula is C24H30Cl2O5. The average Bonchev–Trinajstić information content (AvgIpc) is 3.00. The fraction of sp³-hybridized carbons (Fsp3) is 0.708. The van der Waals surface area contributed by atoms with Crippen molar-refractivity contribution in [1.29, 1.82) is 0 Å². The van der Waals surface area contributed by atoms with Crippen molar-refractivity contribution in [3.63, 3.8) is 0 Å². The molecule has 3 fully saturated rings. The van der Waals surface area contributed by atoms with Gasteiger partial charge in [0, 0.05) is 28.5 Å². The molecule has 31 heavy (non-hydrogen) atoms. The van der Waals surface area contributed by atoms with Crippen LogP contribution in [0.2, 0.25) is 0 Å². The van der Waals surface area contributed by atoms with Gasteiger partial charge in [-0.1, -0.05) is 32.4 Å². The molecule has 0 bridgehead atoms. The van der Waals surface area contributed by atoms with E-state index in [1.54, 1.807) is 19.1 Å². The average molecular weight is 469 g/mol. The lowest BCUT2D eigenvalue weighted by Crippen LogP contribution is -2.64. The number of hydrogen-bond acceptors (Lipinski definition) is 5. The van der Waals surface area contributed by atoms with E-state index in [1.807, 2.05) is 13.0 Å². The quantitative estimate of drug-likeness (QED) is 0.498. The predicted octanol–water partition coefficient (Wildman–Crippen LogP) is 3.98. The van der Waals surface area contributed by atoms with Gasteiger partial charge in [0.05, 0.1) is 12.0 Å². The lowest BCUT2D eigenvalue weighted by Gasteiger charge is -2.61. The van der Waals surface area contributed by atoms with Crippen molar-refractivity contribution in [2.24, 2.45) is 28.6 Å². The van der Waals surface area contributed by atoms with Crippen LogP contribution in [0.15, 0.2) is 23.8 Å². The van der Waals surface area contributed by atoms with E-state index in [0.29, 0.717) is 25.7 Å². The zero-order valence-corrected chi connectivity index (χ0v) is 19.7. The van der Waals surface area contributed by atoms with Crippen LogP contribution in [0.25, 0.3) is 0 Å². The minimum Gasteiger partial charge on any atom is -0.450 e. The van der Waals surface area contributed by atoms with E-state index in [2.05, 4.69) is 6.92 Å². The summed E-state index contributed by atoms with van der Waals surface area (Å²) in [6, 6.07) is 0. The molecule has 0 amide bonds. The van der Waals surface area contributed by atoms with Gasteiger partial charge in [-0.25, -0.2) is 0 Å². The molecule has 7 heteroatoms. The number of allylic oxidation sites excluding steroid dienone is 4. The summed E-state index contributed by atoms with van der Waals surface area (Å²) in [6.45, 7) is 5.72. The third kappa shape index (κ3) is 3.10. The third-order valence-corrected chi connectivity index (χ3v) is 9.44. The van der Waals surface area contributed by atoms with Crippen molar-refractivity contribution in [2.45, 2.75) is 70.0 Å². The van der Waals surface area contributed by atoms with Gasteiger partial charge in [-0.15, -0.1) is 23.2 Å². The number of ether oxygens (including phenoxy) is 1. The minimum absolute atomic E-state index is 0.00961. The Bertz CT molecular complexity index is 881. The smallest absolute Gasteiger partial charge is 0.306 e. The van der Waals surface area contributed by atoms with E-state index in [-0.39, 0.29) is 47.0 Å². The molecule has 1 N–H and O–H groups in total. The Labute approximate surface area is 193 Å². The van der Waals surface area contributed by atoms with E-state index in [0.717, 1.165) is 5.57 Å². The summed E-state index contributed by atoms with van der Waals surface area (Å²) in [4.78, 5) is 37.5. The number of aliphatic hydroxyl groups is 1. The molecule has 4 rings (SSSR count). The van der Waals surface area contributed by atoms with E-state index in [4.69, 9.17) is 27.9 Å². The molecule has 0 radical (unpaired) electrons. The number of esters is 1. The number of alkyl halides is 2. The van der Waals surface area contributed by atoms with Gasteiger partial charge in [-0.05, 0) is 49.7 Å². The number of Topliss-reactive ketones (excluding diaryl/α,β-unsaturated/α-hetero) is 1. The first-order chi connectivity index (χ1) is 14.5. The van der Waals surface area contributed by atoms with Crippen LogP contribution in [0.5, 0.6) is 0 Å². The molecule has 0 heterocycles. The standard InChI is InChI=1S/C24H30Cl2O5/c1-4-19(30)31-24(18(29)12-25)8-6-15-20-16(26)10-13-9-14(27)5-7-22(13,2)21(20)17(28)11-23(15,24)3/h5,7,9,15-17,20-21,28H,4,6,8,10-12H2,1-3H3/t15-,16?,17?,20+,21-,22-,23-,24-/m0/s1. The van der Waals surface area contributed by atoms with E-state index < -0.39 is 28.5 Å². The van der Waals surface area contributed by atoms with E-state index in [1.165, 1.54) is 0 Å². The Hall–Kier alpha value is -1.17. The molecular weight excluding hydrogens is 439 g/mol. The second-order valence-corrected chi connectivity index (χ2v) is 10.9. The van der Waals surface area contributed by atoms with Gasteiger partial charge >= 0.3 is 5.97 Å². The highest BCUT2D eigenvalue weighted by Gasteiger charge is 2.71. The molecule has 8 atom stereocenters. The largest absolute Gasteiger partial charge is 0.450 e. The second kappa shape index (κ2) is 7.71. The van der Waals surface area contributed by atoms with Gasteiger partial charge < -0.3 is 9.84 Å². The first-order valence-corrected chi connectivity index (χ1v) is 12.1. The van der Waals surface area contributed by atoms with Crippen LogP contribution in [0, 0.1) is 28.6 Å². The number of hydrogen-bond donors (Lipinski definition) is 1. The number of carbonyl (C=O) groups excluding carboxylic acids is 3. The van der Waals surface area contributed by atoms with Crippen LogP contribution < -0.4 is 0 Å². The molecule has 4 aliphatic rings. The first kappa shape index (κ1) is 23.0. The van der Waals surface area contributed by atoms with Crippen LogP contribution >= 0.6 is 23.2 Å². The predicted molar refractivity (Wildman–Crippen MR) is 118 cm³/mol. The van der Waals surface area contributed by atoms with Crippen LogP contribution in [0.3, 0.4) is 0 Å². The molecule has 0 aromatic rings. The molecule has 2 unspecified atom stereocenters. The number of ketones is 2. The lowest BCUT2D eigenvalue weighted by atomic mass is 9.46. The summed E-state index contributed by atoms with van der Waals surface area (Å²) < 4.78 is 5.89. The molecule has 0 aromatic heterocycles. The Morgan fingerprint density at radius 3 is 2.68 bits per heavy atom. The van der Waals surface area contributed by atoms with Crippen LogP contribution in [0.4, 0.5) is 0 Å². The fourth-order valence-electron chi connectivity index (χ4n) is 7.29. The summed E-state index contributed by atoms with van der Waals surface area (Å²) >= 11 is 12.9. The first-order valence-electron chi connectivity index (χ1n) is 11.1. The monoisotopic (exact) mass is 468 g/mol. The van der Waals surface area contributed by atoms with E-state index >= 15 is 0 Å². The van der Waals surface area contributed by atoms with Crippen molar-refractivity contribution in [3.05, 3.63) is 23.8 Å². The molecule has 0 aromatic carbocycles. The van der Waals surface area contributed by atoms with Gasteiger partial charge in [0.2, 0.25) is 0 Å².